The van der Waals surface area contributed by atoms with Crippen molar-refractivity contribution in [3.8, 4) is 17.3 Å². The van der Waals surface area contributed by atoms with E-state index in [9.17, 15) is 4.79 Å². The van der Waals surface area contributed by atoms with Gasteiger partial charge in [-0.25, -0.2) is 4.98 Å². The van der Waals surface area contributed by atoms with E-state index < -0.39 is 0 Å². The van der Waals surface area contributed by atoms with Gasteiger partial charge in [-0.2, -0.15) is 5.10 Å². The molecule has 4 heterocycles. The van der Waals surface area contributed by atoms with Crippen LogP contribution in [0.25, 0.3) is 11.5 Å². The molecule has 122 valence electrons. The molecule has 0 saturated carbocycles. The number of amides is 1. The van der Waals surface area contributed by atoms with Gasteiger partial charge in [0, 0.05) is 31.4 Å². The summed E-state index contributed by atoms with van der Waals surface area (Å²) in [4.78, 5) is 22.3. The minimum absolute atomic E-state index is 0.0888. The van der Waals surface area contributed by atoms with Crippen LogP contribution >= 0.6 is 0 Å². The lowest BCUT2D eigenvalue weighted by atomic mass is 10.3. The fraction of sp³-hybridized carbons (Fsp3) is 0.250. The van der Waals surface area contributed by atoms with Gasteiger partial charge in [0.05, 0.1) is 19.0 Å². The topological polar surface area (TPSA) is 97.1 Å². The van der Waals surface area contributed by atoms with Crippen molar-refractivity contribution >= 4 is 5.91 Å². The van der Waals surface area contributed by atoms with Gasteiger partial charge in [-0.3, -0.25) is 14.9 Å². The highest BCUT2D eigenvalue weighted by Gasteiger charge is 2.30. The first-order chi connectivity index (χ1) is 11.8. The van der Waals surface area contributed by atoms with E-state index in [1.165, 1.54) is 0 Å². The van der Waals surface area contributed by atoms with Crippen LogP contribution in [0, 0.1) is 0 Å². The SMILES string of the molecule is O=C(c1cc(-c2ccco2)[nH]n1)N1CCC(Oc2cnccn2)C1. The molecular weight excluding hydrogens is 310 g/mol. The van der Waals surface area contributed by atoms with Crippen LogP contribution in [0.15, 0.2) is 47.5 Å². The zero-order chi connectivity index (χ0) is 16.4. The fourth-order valence-corrected chi connectivity index (χ4v) is 2.68. The number of carbonyl (C=O) groups excluding carboxylic acids is 1. The number of nitrogens with zero attached hydrogens (tertiary/aromatic N) is 4. The predicted octanol–water partition coefficient (Wildman–Crippen LogP) is 1.75. The summed E-state index contributed by atoms with van der Waals surface area (Å²) in [5.74, 6) is 0.984. The molecule has 0 spiro atoms. The molecule has 3 aromatic rings. The summed E-state index contributed by atoms with van der Waals surface area (Å²) in [6, 6.07) is 5.28. The summed E-state index contributed by atoms with van der Waals surface area (Å²) in [5, 5.41) is 6.91. The Morgan fingerprint density at radius 2 is 2.38 bits per heavy atom. The van der Waals surface area contributed by atoms with E-state index in [4.69, 9.17) is 9.15 Å². The molecule has 0 bridgehead atoms. The highest BCUT2D eigenvalue weighted by molar-refractivity contribution is 5.93. The molecule has 0 radical (unpaired) electrons. The number of rotatable bonds is 4. The van der Waals surface area contributed by atoms with Crippen molar-refractivity contribution in [2.24, 2.45) is 0 Å². The third kappa shape index (κ3) is 2.85. The van der Waals surface area contributed by atoms with Crippen LogP contribution in [-0.2, 0) is 0 Å². The van der Waals surface area contributed by atoms with Crippen molar-refractivity contribution in [2.75, 3.05) is 13.1 Å². The Morgan fingerprint density at radius 3 is 3.17 bits per heavy atom. The molecule has 1 amide bonds. The molecular formula is C16H15N5O3. The van der Waals surface area contributed by atoms with E-state index in [-0.39, 0.29) is 12.0 Å². The van der Waals surface area contributed by atoms with Gasteiger partial charge in [0.15, 0.2) is 11.5 Å². The molecule has 1 atom stereocenters. The summed E-state index contributed by atoms with van der Waals surface area (Å²) in [6.45, 7) is 1.12. The monoisotopic (exact) mass is 325 g/mol. The first-order valence-electron chi connectivity index (χ1n) is 7.61. The summed E-state index contributed by atoms with van der Waals surface area (Å²) in [5.41, 5.74) is 1.04. The lowest BCUT2D eigenvalue weighted by Gasteiger charge is -2.15. The molecule has 1 aliphatic rings. The summed E-state index contributed by atoms with van der Waals surface area (Å²) in [7, 11) is 0. The number of likely N-dealkylation sites (tertiary alicyclic amines) is 1. The fourth-order valence-electron chi connectivity index (χ4n) is 2.68. The Bertz CT molecular complexity index is 815. The van der Waals surface area contributed by atoms with Gasteiger partial charge in [-0.05, 0) is 12.1 Å². The maximum Gasteiger partial charge on any atom is 0.274 e. The highest BCUT2D eigenvalue weighted by Crippen LogP contribution is 2.21. The molecule has 1 N–H and O–H groups in total. The van der Waals surface area contributed by atoms with E-state index >= 15 is 0 Å². The lowest BCUT2D eigenvalue weighted by molar-refractivity contribution is 0.0765. The average molecular weight is 325 g/mol. The number of carbonyl (C=O) groups is 1. The molecule has 3 aromatic heterocycles. The van der Waals surface area contributed by atoms with Gasteiger partial charge < -0.3 is 14.1 Å². The van der Waals surface area contributed by atoms with Crippen LogP contribution in [0.2, 0.25) is 0 Å². The second kappa shape index (κ2) is 6.15. The zero-order valence-corrected chi connectivity index (χ0v) is 12.8. The molecule has 1 aliphatic heterocycles. The Hall–Kier alpha value is -3.16. The number of aromatic amines is 1. The smallest absolute Gasteiger partial charge is 0.274 e. The Labute approximate surface area is 137 Å². The number of hydrogen-bond acceptors (Lipinski definition) is 6. The molecule has 8 heteroatoms. The maximum atomic E-state index is 12.6. The van der Waals surface area contributed by atoms with Gasteiger partial charge in [-0.15, -0.1) is 0 Å². The second-order valence-electron chi connectivity index (χ2n) is 5.47. The van der Waals surface area contributed by atoms with Crippen molar-refractivity contribution in [1.82, 2.24) is 25.1 Å². The molecule has 0 aliphatic carbocycles. The van der Waals surface area contributed by atoms with Crippen molar-refractivity contribution in [1.29, 1.82) is 0 Å². The Kier molecular flexibility index (Phi) is 3.70. The minimum Gasteiger partial charge on any atom is -0.471 e. The molecule has 1 saturated heterocycles. The zero-order valence-electron chi connectivity index (χ0n) is 12.8. The molecule has 1 unspecified atom stereocenters. The van der Waals surface area contributed by atoms with Crippen LogP contribution < -0.4 is 4.74 Å². The van der Waals surface area contributed by atoms with E-state index in [2.05, 4.69) is 20.2 Å². The third-order valence-electron chi connectivity index (χ3n) is 3.84. The summed E-state index contributed by atoms with van der Waals surface area (Å²) < 4.78 is 11.0. The number of nitrogens with one attached hydrogen (secondary N) is 1. The van der Waals surface area contributed by atoms with Crippen LogP contribution in [-0.4, -0.2) is 50.2 Å². The van der Waals surface area contributed by atoms with E-state index in [1.54, 1.807) is 41.9 Å². The number of aromatic nitrogens is 4. The lowest BCUT2D eigenvalue weighted by Crippen LogP contribution is -2.31. The molecule has 8 nitrogen and oxygen atoms in total. The van der Waals surface area contributed by atoms with Gasteiger partial charge in [0.1, 0.15) is 11.8 Å². The molecule has 0 aromatic carbocycles. The standard InChI is InChI=1S/C16H15N5O3/c22-16(13-8-12(19-20-13)14-2-1-7-23-14)21-6-3-11(10-21)24-15-9-17-4-5-18-15/h1-2,4-5,7-9,11H,3,6,10H2,(H,19,20). The summed E-state index contributed by atoms with van der Waals surface area (Å²) in [6.07, 6.45) is 6.96. The van der Waals surface area contributed by atoms with Gasteiger partial charge in [0.25, 0.3) is 5.91 Å². The van der Waals surface area contributed by atoms with E-state index in [0.29, 0.717) is 36.1 Å². The number of hydrogen-bond donors (Lipinski definition) is 1. The van der Waals surface area contributed by atoms with Crippen LogP contribution in [0.5, 0.6) is 5.88 Å². The van der Waals surface area contributed by atoms with Gasteiger partial charge >= 0.3 is 0 Å². The highest BCUT2D eigenvalue weighted by atomic mass is 16.5. The molecule has 4 rings (SSSR count). The van der Waals surface area contributed by atoms with E-state index in [1.807, 2.05) is 6.07 Å². The number of ether oxygens (including phenoxy) is 1. The van der Waals surface area contributed by atoms with Crippen molar-refractivity contribution in [3.63, 3.8) is 0 Å². The normalized spacial score (nSPS) is 17.2. The Morgan fingerprint density at radius 1 is 1.42 bits per heavy atom. The Balaban J connectivity index is 1.41. The third-order valence-corrected chi connectivity index (χ3v) is 3.84. The van der Waals surface area contributed by atoms with Crippen LogP contribution in [0.1, 0.15) is 16.9 Å². The average Bonchev–Trinajstić information content (AvgIpc) is 3.36. The van der Waals surface area contributed by atoms with Gasteiger partial charge in [-0.1, -0.05) is 0 Å². The first kappa shape index (κ1) is 14.4. The van der Waals surface area contributed by atoms with Crippen LogP contribution in [0.4, 0.5) is 0 Å². The second-order valence-corrected chi connectivity index (χ2v) is 5.47. The maximum absolute atomic E-state index is 12.6. The van der Waals surface area contributed by atoms with Crippen LogP contribution in [0.3, 0.4) is 0 Å². The van der Waals surface area contributed by atoms with Gasteiger partial charge in [0.2, 0.25) is 5.88 Å². The summed E-state index contributed by atoms with van der Waals surface area (Å²) >= 11 is 0. The van der Waals surface area contributed by atoms with Crippen molar-refractivity contribution in [3.05, 3.63) is 48.7 Å². The molecule has 1 fully saturated rings. The predicted molar refractivity (Wildman–Crippen MR) is 83.3 cm³/mol. The van der Waals surface area contributed by atoms with Crippen molar-refractivity contribution in [2.45, 2.75) is 12.5 Å². The van der Waals surface area contributed by atoms with E-state index in [0.717, 1.165) is 6.42 Å². The number of furan rings is 1. The largest absolute Gasteiger partial charge is 0.471 e. The van der Waals surface area contributed by atoms with Crippen molar-refractivity contribution < 1.29 is 13.9 Å². The first-order valence-corrected chi connectivity index (χ1v) is 7.61. The quantitative estimate of drug-likeness (QED) is 0.785. The minimum atomic E-state index is -0.130. The number of H-pyrrole nitrogens is 1. The molecule has 24 heavy (non-hydrogen) atoms.